The number of ether oxygens (including phenoxy) is 1. The Hall–Kier alpha value is -1.23. The van der Waals surface area contributed by atoms with Crippen molar-refractivity contribution >= 4 is 33.9 Å². The standard InChI is InChI=1S/C9H7BrN2O2/c1-14-9(13)5-2-6-7(10)4-12-8(6)11-3-5/h2-5H,1H3/t5-/m0/s1. The minimum Gasteiger partial charge on any atom is -0.468 e. The summed E-state index contributed by atoms with van der Waals surface area (Å²) in [6.07, 6.45) is 4.98. The van der Waals surface area contributed by atoms with E-state index < -0.39 is 5.92 Å². The normalized spacial score (nSPS) is 23.6. The van der Waals surface area contributed by atoms with Crippen molar-refractivity contribution in [3.05, 3.63) is 22.3 Å². The van der Waals surface area contributed by atoms with Crippen LogP contribution in [0.4, 0.5) is 0 Å². The van der Waals surface area contributed by atoms with Gasteiger partial charge in [0.05, 0.1) is 7.11 Å². The highest BCUT2D eigenvalue weighted by atomic mass is 79.9. The molecule has 0 amide bonds. The van der Waals surface area contributed by atoms with Gasteiger partial charge in [-0.05, 0) is 15.9 Å². The van der Waals surface area contributed by atoms with E-state index in [1.165, 1.54) is 13.3 Å². The van der Waals surface area contributed by atoms with Gasteiger partial charge in [0.15, 0.2) is 5.84 Å². The van der Waals surface area contributed by atoms with E-state index in [1.807, 2.05) is 0 Å². The molecule has 0 aromatic carbocycles. The fraction of sp³-hybridized carbons (Fsp3) is 0.222. The lowest BCUT2D eigenvalue weighted by atomic mass is 10.0. The summed E-state index contributed by atoms with van der Waals surface area (Å²) in [6.45, 7) is 0. The lowest BCUT2D eigenvalue weighted by molar-refractivity contribution is -0.141. The molecule has 0 saturated carbocycles. The summed E-state index contributed by atoms with van der Waals surface area (Å²) in [7, 11) is 1.36. The van der Waals surface area contributed by atoms with E-state index in [-0.39, 0.29) is 5.97 Å². The summed E-state index contributed by atoms with van der Waals surface area (Å²) in [5, 5.41) is 0. The lowest BCUT2D eigenvalue weighted by Gasteiger charge is -2.11. The largest absolute Gasteiger partial charge is 0.468 e. The van der Waals surface area contributed by atoms with Gasteiger partial charge >= 0.3 is 5.97 Å². The number of methoxy groups -OCH3 is 1. The second kappa shape index (κ2) is 3.49. The van der Waals surface area contributed by atoms with Gasteiger partial charge in [-0.2, -0.15) is 0 Å². The molecule has 0 unspecified atom stereocenters. The number of hydrogen-bond donors (Lipinski definition) is 0. The van der Waals surface area contributed by atoms with Crippen LogP contribution in [0.5, 0.6) is 0 Å². The second-order valence-electron chi connectivity index (χ2n) is 2.84. The molecule has 14 heavy (non-hydrogen) atoms. The van der Waals surface area contributed by atoms with Gasteiger partial charge in [0, 0.05) is 22.5 Å². The number of aliphatic imine (C=N–C) groups is 2. The molecule has 0 bridgehead atoms. The molecule has 0 aliphatic carbocycles. The number of rotatable bonds is 1. The molecule has 72 valence electrons. The Morgan fingerprint density at radius 2 is 2.43 bits per heavy atom. The first-order valence-corrected chi connectivity index (χ1v) is 4.79. The molecule has 2 heterocycles. The summed E-state index contributed by atoms with van der Waals surface area (Å²) in [5.41, 5.74) is 0.850. The molecule has 2 aliphatic rings. The molecule has 2 rings (SSSR count). The smallest absolute Gasteiger partial charge is 0.318 e. The Morgan fingerprint density at radius 1 is 1.64 bits per heavy atom. The Morgan fingerprint density at radius 3 is 3.14 bits per heavy atom. The van der Waals surface area contributed by atoms with Crippen LogP contribution < -0.4 is 0 Å². The van der Waals surface area contributed by atoms with Crippen molar-refractivity contribution in [3.63, 3.8) is 0 Å². The summed E-state index contributed by atoms with van der Waals surface area (Å²) < 4.78 is 5.47. The van der Waals surface area contributed by atoms with E-state index in [0.717, 1.165) is 10.1 Å². The third kappa shape index (κ3) is 1.43. The molecule has 0 N–H and O–H groups in total. The molecule has 1 atom stereocenters. The molecular weight excluding hydrogens is 248 g/mol. The fourth-order valence-corrected chi connectivity index (χ4v) is 1.67. The third-order valence-corrected chi connectivity index (χ3v) is 2.61. The van der Waals surface area contributed by atoms with E-state index in [9.17, 15) is 4.79 Å². The van der Waals surface area contributed by atoms with Gasteiger partial charge < -0.3 is 4.74 Å². The molecule has 2 aliphatic heterocycles. The summed E-state index contributed by atoms with van der Waals surface area (Å²) >= 11 is 3.33. The van der Waals surface area contributed by atoms with Crippen molar-refractivity contribution in [2.24, 2.45) is 15.9 Å². The van der Waals surface area contributed by atoms with E-state index in [4.69, 9.17) is 0 Å². The van der Waals surface area contributed by atoms with Crippen LogP contribution in [0, 0.1) is 5.92 Å². The predicted molar refractivity (Wildman–Crippen MR) is 56.5 cm³/mol. The quantitative estimate of drug-likeness (QED) is 0.665. The third-order valence-electron chi connectivity index (χ3n) is 1.98. The van der Waals surface area contributed by atoms with Gasteiger partial charge in [-0.15, -0.1) is 0 Å². The topological polar surface area (TPSA) is 51.0 Å². The van der Waals surface area contributed by atoms with Gasteiger partial charge in [0.1, 0.15) is 5.92 Å². The Bertz CT molecular complexity index is 407. The van der Waals surface area contributed by atoms with Crippen molar-refractivity contribution in [2.45, 2.75) is 0 Å². The molecule has 0 aromatic heterocycles. The van der Waals surface area contributed by atoms with Gasteiger partial charge in [-0.1, -0.05) is 6.08 Å². The van der Waals surface area contributed by atoms with E-state index in [2.05, 4.69) is 30.7 Å². The van der Waals surface area contributed by atoms with Crippen molar-refractivity contribution in [1.29, 1.82) is 0 Å². The zero-order chi connectivity index (χ0) is 10.1. The van der Waals surface area contributed by atoms with E-state index in [1.54, 1.807) is 12.3 Å². The fourth-order valence-electron chi connectivity index (χ4n) is 1.26. The highest BCUT2D eigenvalue weighted by molar-refractivity contribution is 9.12. The Kier molecular flexibility index (Phi) is 2.33. The number of esters is 1. The van der Waals surface area contributed by atoms with Crippen LogP contribution in [-0.2, 0) is 9.53 Å². The predicted octanol–water partition coefficient (Wildman–Crippen LogP) is 1.43. The zero-order valence-electron chi connectivity index (χ0n) is 7.40. The van der Waals surface area contributed by atoms with Gasteiger partial charge in [0.2, 0.25) is 0 Å². The number of amidine groups is 1. The van der Waals surface area contributed by atoms with E-state index >= 15 is 0 Å². The first kappa shape index (κ1) is 9.33. The SMILES string of the molecule is COC(=O)[C@@H]1C=NC2=NC=C(Br)C2=C1. The van der Waals surface area contributed by atoms with Crippen molar-refractivity contribution in [2.75, 3.05) is 7.11 Å². The maximum absolute atomic E-state index is 11.2. The van der Waals surface area contributed by atoms with Crippen LogP contribution >= 0.6 is 15.9 Å². The number of halogens is 1. The molecule has 0 fully saturated rings. The van der Waals surface area contributed by atoms with Crippen LogP contribution in [0.15, 0.2) is 32.3 Å². The van der Waals surface area contributed by atoms with Crippen LogP contribution in [0.2, 0.25) is 0 Å². The van der Waals surface area contributed by atoms with Crippen molar-refractivity contribution < 1.29 is 9.53 Å². The number of hydrogen-bond acceptors (Lipinski definition) is 4. The van der Waals surface area contributed by atoms with Crippen LogP contribution in [0.3, 0.4) is 0 Å². The number of carbonyl (C=O) groups is 1. The zero-order valence-corrected chi connectivity index (χ0v) is 8.98. The minimum atomic E-state index is -0.409. The van der Waals surface area contributed by atoms with Gasteiger partial charge in [-0.25, -0.2) is 9.98 Å². The van der Waals surface area contributed by atoms with Crippen molar-refractivity contribution in [3.8, 4) is 0 Å². The average molecular weight is 255 g/mol. The monoisotopic (exact) mass is 254 g/mol. The van der Waals surface area contributed by atoms with Gasteiger partial charge in [0.25, 0.3) is 0 Å². The second-order valence-corrected chi connectivity index (χ2v) is 3.69. The van der Waals surface area contributed by atoms with E-state index in [0.29, 0.717) is 5.84 Å². The van der Waals surface area contributed by atoms with Crippen molar-refractivity contribution in [1.82, 2.24) is 0 Å². The first-order chi connectivity index (χ1) is 6.72. The van der Waals surface area contributed by atoms with Crippen LogP contribution in [-0.4, -0.2) is 25.1 Å². The van der Waals surface area contributed by atoms with Gasteiger partial charge in [-0.3, -0.25) is 4.79 Å². The molecule has 4 nitrogen and oxygen atoms in total. The summed E-state index contributed by atoms with van der Waals surface area (Å²) in [6, 6.07) is 0. The Balaban J connectivity index is 2.29. The highest BCUT2D eigenvalue weighted by Gasteiger charge is 2.24. The number of fused-ring (bicyclic) bond motifs is 1. The van der Waals surface area contributed by atoms with Crippen LogP contribution in [0.1, 0.15) is 0 Å². The highest BCUT2D eigenvalue weighted by Crippen LogP contribution is 2.28. The molecule has 0 aromatic rings. The summed E-state index contributed by atoms with van der Waals surface area (Å²) in [4.78, 5) is 19.3. The molecule has 0 radical (unpaired) electrons. The molecule has 5 heteroatoms. The molecule has 0 spiro atoms. The summed E-state index contributed by atoms with van der Waals surface area (Å²) in [5.74, 6) is -0.0856. The number of dihydropyridines is 1. The maximum Gasteiger partial charge on any atom is 0.318 e. The molecular formula is C9H7BrN2O2. The first-order valence-electron chi connectivity index (χ1n) is 4.00. The lowest BCUT2D eigenvalue weighted by Crippen LogP contribution is -2.20. The Labute approximate surface area is 89.2 Å². The molecule has 0 saturated heterocycles. The number of nitrogens with zero attached hydrogens (tertiary/aromatic N) is 2. The van der Waals surface area contributed by atoms with Crippen LogP contribution in [0.25, 0.3) is 0 Å². The number of carbonyl (C=O) groups excluding carboxylic acids is 1. The minimum absolute atomic E-state index is 0.312. The maximum atomic E-state index is 11.2. The average Bonchev–Trinajstić information content (AvgIpc) is 2.59.